The van der Waals surface area contributed by atoms with Crippen molar-refractivity contribution in [2.45, 2.75) is 25.8 Å². The van der Waals surface area contributed by atoms with Gasteiger partial charge in [0.2, 0.25) is 0 Å². The summed E-state index contributed by atoms with van der Waals surface area (Å²) in [7, 11) is 0. The standard InChI is InChI=1S/C17H21NO2S/c1-2-7-18-15(12-14-4-3-10-21-14)13-5-6-16-17(11-13)20-9-8-19-16/h3-6,10-11,15,18H,2,7-9,12H2,1H3. The molecule has 3 nitrogen and oxygen atoms in total. The van der Waals surface area contributed by atoms with Crippen LogP contribution in [0.2, 0.25) is 0 Å². The van der Waals surface area contributed by atoms with Crippen molar-refractivity contribution >= 4 is 11.3 Å². The average Bonchev–Trinajstić information content (AvgIpc) is 3.04. The Morgan fingerprint density at radius 2 is 2.05 bits per heavy atom. The molecule has 1 aliphatic rings. The predicted octanol–water partition coefficient (Wildman–Crippen LogP) is 3.80. The highest BCUT2D eigenvalue weighted by molar-refractivity contribution is 7.09. The molecule has 0 radical (unpaired) electrons. The molecule has 21 heavy (non-hydrogen) atoms. The van der Waals surface area contributed by atoms with Gasteiger partial charge in [-0.05, 0) is 42.1 Å². The van der Waals surface area contributed by atoms with E-state index in [4.69, 9.17) is 9.47 Å². The molecule has 0 spiro atoms. The highest BCUT2D eigenvalue weighted by Crippen LogP contribution is 2.33. The Morgan fingerprint density at radius 1 is 1.19 bits per heavy atom. The molecule has 1 unspecified atom stereocenters. The summed E-state index contributed by atoms with van der Waals surface area (Å²) >= 11 is 1.81. The molecule has 0 saturated heterocycles. The summed E-state index contributed by atoms with van der Waals surface area (Å²) in [5, 5.41) is 5.78. The van der Waals surface area contributed by atoms with Crippen LogP contribution in [0.1, 0.15) is 29.8 Å². The SMILES string of the molecule is CCCNC(Cc1cccs1)c1ccc2c(c1)OCCO2. The van der Waals surface area contributed by atoms with E-state index in [0.717, 1.165) is 30.9 Å². The smallest absolute Gasteiger partial charge is 0.161 e. The topological polar surface area (TPSA) is 30.5 Å². The number of hydrogen-bond acceptors (Lipinski definition) is 4. The van der Waals surface area contributed by atoms with Crippen LogP contribution >= 0.6 is 11.3 Å². The number of ether oxygens (including phenoxy) is 2. The van der Waals surface area contributed by atoms with Crippen LogP contribution in [-0.4, -0.2) is 19.8 Å². The van der Waals surface area contributed by atoms with E-state index in [0.29, 0.717) is 19.3 Å². The molecule has 1 aromatic carbocycles. The van der Waals surface area contributed by atoms with Crippen molar-refractivity contribution in [3.05, 3.63) is 46.2 Å². The molecule has 1 atom stereocenters. The molecule has 0 aliphatic carbocycles. The van der Waals surface area contributed by atoms with Gasteiger partial charge in [-0.15, -0.1) is 11.3 Å². The molecule has 1 aliphatic heterocycles. The van der Waals surface area contributed by atoms with Crippen molar-refractivity contribution in [3.8, 4) is 11.5 Å². The van der Waals surface area contributed by atoms with E-state index < -0.39 is 0 Å². The molecule has 0 amide bonds. The number of nitrogens with one attached hydrogen (secondary N) is 1. The second-order valence-corrected chi connectivity index (χ2v) is 6.23. The second kappa shape index (κ2) is 6.96. The molecular weight excluding hydrogens is 282 g/mol. The average molecular weight is 303 g/mol. The lowest BCUT2D eigenvalue weighted by Crippen LogP contribution is -2.24. The fourth-order valence-corrected chi connectivity index (χ4v) is 3.28. The van der Waals surface area contributed by atoms with Gasteiger partial charge < -0.3 is 14.8 Å². The van der Waals surface area contributed by atoms with Crippen molar-refractivity contribution < 1.29 is 9.47 Å². The molecule has 4 heteroatoms. The summed E-state index contributed by atoms with van der Waals surface area (Å²) in [6.07, 6.45) is 2.14. The van der Waals surface area contributed by atoms with Crippen molar-refractivity contribution in [2.24, 2.45) is 0 Å². The molecular formula is C17H21NO2S. The van der Waals surface area contributed by atoms with Gasteiger partial charge in [-0.3, -0.25) is 0 Å². The van der Waals surface area contributed by atoms with Crippen LogP contribution in [0.5, 0.6) is 11.5 Å². The second-order valence-electron chi connectivity index (χ2n) is 5.19. The van der Waals surface area contributed by atoms with E-state index in [2.05, 4.69) is 41.9 Å². The summed E-state index contributed by atoms with van der Waals surface area (Å²) in [5.74, 6) is 1.73. The zero-order valence-electron chi connectivity index (χ0n) is 12.3. The zero-order valence-corrected chi connectivity index (χ0v) is 13.1. The molecule has 1 aromatic heterocycles. The van der Waals surface area contributed by atoms with E-state index in [9.17, 15) is 0 Å². The van der Waals surface area contributed by atoms with Gasteiger partial charge in [0.25, 0.3) is 0 Å². The minimum Gasteiger partial charge on any atom is -0.486 e. The Morgan fingerprint density at radius 3 is 2.81 bits per heavy atom. The Hall–Kier alpha value is -1.52. The fraction of sp³-hybridized carbons (Fsp3) is 0.412. The molecule has 0 fully saturated rings. The minimum atomic E-state index is 0.319. The largest absolute Gasteiger partial charge is 0.486 e. The van der Waals surface area contributed by atoms with Crippen LogP contribution in [-0.2, 0) is 6.42 Å². The molecule has 3 rings (SSSR count). The van der Waals surface area contributed by atoms with Gasteiger partial charge in [0.05, 0.1) is 0 Å². The Bertz CT molecular complexity index is 568. The number of hydrogen-bond donors (Lipinski definition) is 1. The summed E-state index contributed by atoms with van der Waals surface area (Å²) in [5.41, 5.74) is 1.26. The Labute approximate surface area is 129 Å². The summed E-state index contributed by atoms with van der Waals surface area (Å²) in [6, 6.07) is 10.9. The predicted molar refractivity (Wildman–Crippen MR) is 86.5 cm³/mol. The van der Waals surface area contributed by atoms with Gasteiger partial charge in [-0.1, -0.05) is 19.1 Å². The Kier molecular flexibility index (Phi) is 4.78. The maximum absolute atomic E-state index is 5.70. The first-order valence-corrected chi connectivity index (χ1v) is 8.40. The van der Waals surface area contributed by atoms with Crippen LogP contribution in [0.3, 0.4) is 0 Å². The highest BCUT2D eigenvalue weighted by Gasteiger charge is 2.17. The minimum absolute atomic E-state index is 0.319. The number of benzene rings is 1. The number of rotatable bonds is 6. The van der Waals surface area contributed by atoms with E-state index in [1.54, 1.807) is 0 Å². The first kappa shape index (κ1) is 14.4. The van der Waals surface area contributed by atoms with Crippen molar-refractivity contribution in [1.29, 1.82) is 0 Å². The quantitative estimate of drug-likeness (QED) is 0.880. The van der Waals surface area contributed by atoms with Crippen LogP contribution in [0, 0.1) is 0 Å². The van der Waals surface area contributed by atoms with Gasteiger partial charge >= 0.3 is 0 Å². The van der Waals surface area contributed by atoms with E-state index in [1.165, 1.54) is 10.4 Å². The third-order valence-corrected chi connectivity index (χ3v) is 4.49. The number of fused-ring (bicyclic) bond motifs is 1. The lowest BCUT2D eigenvalue weighted by atomic mass is 10.0. The van der Waals surface area contributed by atoms with E-state index in [1.807, 2.05) is 17.4 Å². The molecule has 0 bridgehead atoms. The van der Waals surface area contributed by atoms with Gasteiger partial charge in [-0.25, -0.2) is 0 Å². The normalized spacial score (nSPS) is 14.9. The van der Waals surface area contributed by atoms with Crippen molar-refractivity contribution in [2.75, 3.05) is 19.8 Å². The first-order chi connectivity index (χ1) is 10.4. The van der Waals surface area contributed by atoms with Crippen LogP contribution in [0.25, 0.3) is 0 Å². The van der Waals surface area contributed by atoms with Gasteiger partial charge in [0, 0.05) is 17.3 Å². The van der Waals surface area contributed by atoms with Gasteiger partial charge in [-0.2, -0.15) is 0 Å². The van der Waals surface area contributed by atoms with Crippen LogP contribution in [0.15, 0.2) is 35.7 Å². The zero-order chi connectivity index (χ0) is 14.5. The molecule has 112 valence electrons. The van der Waals surface area contributed by atoms with Gasteiger partial charge in [0.1, 0.15) is 13.2 Å². The lowest BCUT2D eigenvalue weighted by molar-refractivity contribution is 0.171. The van der Waals surface area contributed by atoms with Crippen LogP contribution < -0.4 is 14.8 Å². The van der Waals surface area contributed by atoms with Crippen LogP contribution in [0.4, 0.5) is 0 Å². The monoisotopic (exact) mass is 303 g/mol. The maximum atomic E-state index is 5.70. The Balaban J connectivity index is 1.81. The summed E-state index contributed by atoms with van der Waals surface area (Å²) in [4.78, 5) is 1.40. The van der Waals surface area contributed by atoms with Crippen molar-refractivity contribution in [3.63, 3.8) is 0 Å². The fourth-order valence-electron chi connectivity index (χ4n) is 2.53. The molecule has 2 heterocycles. The van der Waals surface area contributed by atoms with Gasteiger partial charge in [0.15, 0.2) is 11.5 Å². The third kappa shape index (κ3) is 3.57. The molecule has 0 saturated carbocycles. The van der Waals surface area contributed by atoms with Crippen molar-refractivity contribution in [1.82, 2.24) is 5.32 Å². The molecule has 1 N–H and O–H groups in total. The first-order valence-electron chi connectivity index (χ1n) is 7.52. The summed E-state index contributed by atoms with van der Waals surface area (Å²) in [6.45, 7) is 4.48. The van der Waals surface area contributed by atoms with E-state index in [-0.39, 0.29) is 0 Å². The highest BCUT2D eigenvalue weighted by atomic mass is 32.1. The maximum Gasteiger partial charge on any atom is 0.161 e. The number of thiophene rings is 1. The molecule has 2 aromatic rings. The van der Waals surface area contributed by atoms with E-state index >= 15 is 0 Å². The summed E-state index contributed by atoms with van der Waals surface area (Å²) < 4.78 is 11.3. The third-order valence-electron chi connectivity index (χ3n) is 3.59. The lowest BCUT2D eigenvalue weighted by Gasteiger charge is -2.23.